The van der Waals surface area contributed by atoms with Gasteiger partial charge in [-0.05, 0) is 18.3 Å². The van der Waals surface area contributed by atoms with Gasteiger partial charge in [-0.15, -0.1) is 0 Å². The number of nitrogens with zero attached hydrogens (tertiary/aromatic N) is 1. The molecule has 19 heavy (non-hydrogen) atoms. The molecule has 0 aromatic carbocycles. The van der Waals surface area contributed by atoms with Crippen molar-refractivity contribution in [3.63, 3.8) is 0 Å². The highest BCUT2D eigenvalue weighted by atomic mass is 16.5. The van der Waals surface area contributed by atoms with E-state index in [2.05, 4.69) is 36.4 Å². The molecule has 0 amide bonds. The second-order valence-electron chi connectivity index (χ2n) is 5.82. The van der Waals surface area contributed by atoms with Crippen LogP contribution in [0.25, 0.3) is 0 Å². The van der Waals surface area contributed by atoms with Gasteiger partial charge < -0.3 is 15.4 Å². The maximum absolute atomic E-state index is 5.03. The number of unbranched alkanes of at least 4 members (excludes halogenated alkanes) is 2. The standard InChI is InChI=1S/C15H33N3O/c1-6-7-8-10-15(2,3)13-18-14(16-4)17-11-9-12-19-5/h6-13H2,1-5H3,(H2,16,17,18). The number of methoxy groups -OCH3 is 1. The van der Waals surface area contributed by atoms with E-state index in [1.165, 1.54) is 25.7 Å². The Morgan fingerprint density at radius 3 is 2.47 bits per heavy atom. The zero-order valence-electron chi connectivity index (χ0n) is 13.5. The third-order valence-corrected chi connectivity index (χ3v) is 3.23. The van der Waals surface area contributed by atoms with Crippen molar-refractivity contribution < 1.29 is 4.74 Å². The number of ether oxygens (including phenoxy) is 1. The highest BCUT2D eigenvalue weighted by Gasteiger charge is 2.17. The SMILES string of the molecule is CCCCCC(C)(C)CNC(=NC)NCCCOC. The summed E-state index contributed by atoms with van der Waals surface area (Å²) in [5.74, 6) is 0.889. The first-order valence-corrected chi connectivity index (χ1v) is 7.49. The first kappa shape index (κ1) is 18.2. The Bertz CT molecular complexity index is 240. The number of guanidine groups is 1. The van der Waals surface area contributed by atoms with Gasteiger partial charge in [0.25, 0.3) is 0 Å². The minimum atomic E-state index is 0.319. The molecule has 0 aliphatic carbocycles. The molecular weight excluding hydrogens is 238 g/mol. The van der Waals surface area contributed by atoms with Gasteiger partial charge in [0.1, 0.15) is 0 Å². The first-order valence-electron chi connectivity index (χ1n) is 7.49. The molecule has 0 radical (unpaired) electrons. The Balaban J connectivity index is 3.85. The molecule has 0 spiro atoms. The maximum Gasteiger partial charge on any atom is 0.190 e. The van der Waals surface area contributed by atoms with Gasteiger partial charge in [-0.3, -0.25) is 4.99 Å². The highest BCUT2D eigenvalue weighted by Crippen LogP contribution is 2.22. The molecule has 0 bridgehead atoms. The Morgan fingerprint density at radius 2 is 1.89 bits per heavy atom. The van der Waals surface area contributed by atoms with Crippen molar-refractivity contribution in [2.75, 3.05) is 33.9 Å². The molecule has 0 aliphatic heterocycles. The van der Waals surface area contributed by atoms with Crippen molar-refractivity contribution in [3.05, 3.63) is 0 Å². The summed E-state index contributed by atoms with van der Waals surface area (Å²) in [6.45, 7) is 9.51. The Labute approximate surface area is 119 Å². The van der Waals surface area contributed by atoms with E-state index in [0.717, 1.165) is 32.1 Å². The van der Waals surface area contributed by atoms with Gasteiger partial charge in [0.2, 0.25) is 0 Å². The van der Waals surface area contributed by atoms with Crippen LogP contribution in [0.15, 0.2) is 4.99 Å². The van der Waals surface area contributed by atoms with Crippen molar-refractivity contribution in [2.24, 2.45) is 10.4 Å². The maximum atomic E-state index is 5.03. The second-order valence-corrected chi connectivity index (χ2v) is 5.82. The molecule has 4 nitrogen and oxygen atoms in total. The molecule has 0 unspecified atom stereocenters. The summed E-state index contributed by atoms with van der Waals surface area (Å²) in [4.78, 5) is 4.24. The summed E-state index contributed by atoms with van der Waals surface area (Å²) in [5, 5.41) is 6.71. The van der Waals surface area contributed by atoms with Crippen LogP contribution in [0.1, 0.15) is 52.9 Å². The average molecular weight is 271 g/mol. The third kappa shape index (κ3) is 10.8. The predicted molar refractivity (Wildman–Crippen MR) is 83.8 cm³/mol. The molecule has 0 rings (SSSR count). The Hall–Kier alpha value is -0.770. The normalized spacial score (nSPS) is 12.6. The van der Waals surface area contributed by atoms with E-state index >= 15 is 0 Å². The highest BCUT2D eigenvalue weighted by molar-refractivity contribution is 5.79. The number of hydrogen-bond acceptors (Lipinski definition) is 2. The van der Waals surface area contributed by atoms with Crippen molar-refractivity contribution in [3.8, 4) is 0 Å². The van der Waals surface area contributed by atoms with Crippen LogP contribution in [0, 0.1) is 5.41 Å². The van der Waals surface area contributed by atoms with Crippen LogP contribution < -0.4 is 10.6 Å². The van der Waals surface area contributed by atoms with Crippen LogP contribution in [0.4, 0.5) is 0 Å². The van der Waals surface area contributed by atoms with Gasteiger partial charge in [-0.2, -0.15) is 0 Å². The fraction of sp³-hybridized carbons (Fsp3) is 0.933. The quantitative estimate of drug-likeness (QED) is 0.365. The van der Waals surface area contributed by atoms with Gasteiger partial charge in [-0.1, -0.05) is 40.0 Å². The molecule has 114 valence electrons. The topological polar surface area (TPSA) is 45.7 Å². The van der Waals surface area contributed by atoms with E-state index in [-0.39, 0.29) is 0 Å². The lowest BCUT2D eigenvalue weighted by Crippen LogP contribution is -2.42. The molecule has 0 saturated heterocycles. The summed E-state index contributed by atoms with van der Waals surface area (Å²) in [5.41, 5.74) is 0.319. The van der Waals surface area contributed by atoms with Crippen molar-refractivity contribution in [1.82, 2.24) is 10.6 Å². The fourth-order valence-corrected chi connectivity index (χ4v) is 1.91. The number of aliphatic imine (C=N–C) groups is 1. The Morgan fingerprint density at radius 1 is 1.16 bits per heavy atom. The molecule has 2 N–H and O–H groups in total. The summed E-state index contributed by atoms with van der Waals surface area (Å²) in [6, 6.07) is 0. The Kier molecular flexibility index (Phi) is 10.6. The minimum Gasteiger partial charge on any atom is -0.385 e. The minimum absolute atomic E-state index is 0.319. The first-order chi connectivity index (χ1) is 9.05. The monoisotopic (exact) mass is 271 g/mol. The fourth-order valence-electron chi connectivity index (χ4n) is 1.91. The number of nitrogens with one attached hydrogen (secondary N) is 2. The summed E-state index contributed by atoms with van der Waals surface area (Å²) >= 11 is 0. The van der Waals surface area contributed by atoms with Gasteiger partial charge in [0.15, 0.2) is 5.96 Å². The van der Waals surface area contributed by atoms with Crippen LogP contribution in [-0.4, -0.2) is 39.8 Å². The lowest BCUT2D eigenvalue weighted by Gasteiger charge is -2.26. The zero-order chi connectivity index (χ0) is 14.6. The second kappa shape index (κ2) is 11.1. The van der Waals surface area contributed by atoms with Gasteiger partial charge in [0.05, 0.1) is 0 Å². The van der Waals surface area contributed by atoms with E-state index in [4.69, 9.17) is 4.74 Å². The molecule has 0 fully saturated rings. The zero-order valence-corrected chi connectivity index (χ0v) is 13.5. The largest absolute Gasteiger partial charge is 0.385 e. The smallest absolute Gasteiger partial charge is 0.190 e. The lowest BCUT2D eigenvalue weighted by molar-refractivity contribution is 0.195. The molecule has 0 aromatic rings. The molecule has 0 atom stereocenters. The van der Waals surface area contributed by atoms with E-state index in [1.807, 2.05) is 7.05 Å². The third-order valence-electron chi connectivity index (χ3n) is 3.23. The van der Waals surface area contributed by atoms with Crippen LogP contribution in [0.5, 0.6) is 0 Å². The molecular formula is C15H33N3O. The summed E-state index contributed by atoms with van der Waals surface area (Å²) < 4.78 is 5.03. The van der Waals surface area contributed by atoms with Crippen molar-refractivity contribution >= 4 is 5.96 Å². The molecule has 0 aliphatic rings. The van der Waals surface area contributed by atoms with Gasteiger partial charge in [0, 0.05) is 33.9 Å². The molecule has 0 heterocycles. The van der Waals surface area contributed by atoms with Crippen LogP contribution in [0.2, 0.25) is 0 Å². The van der Waals surface area contributed by atoms with Crippen LogP contribution >= 0.6 is 0 Å². The van der Waals surface area contributed by atoms with E-state index in [0.29, 0.717) is 5.41 Å². The summed E-state index contributed by atoms with van der Waals surface area (Å²) in [6.07, 6.45) is 6.18. The number of rotatable bonds is 10. The van der Waals surface area contributed by atoms with Crippen molar-refractivity contribution in [2.45, 2.75) is 52.9 Å². The average Bonchev–Trinajstić information content (AvgIpc) is 2.38. The molecule has 0 saturated carbocycles. The van der Waals surface area contributed by atoms with Crippen LogP contribution in [0.3, 0.4) is 0 Å². The van der Waals surface area contributed by atoms with Gasteiger partial charge in [-0.25, -0.2) is 0 Å². The predicted octanol–water partition coefficient (Wildman–Crippen LogP) is 2.79. The van der Waals surface area contributed by atoms with E-state index in [1.54, 1.807) is 7.11 Å². The molecule has 4 heteroatoms. The van der Waals surface area contributed by atoms with Crippen molar-refractivity contribution in [1.29, 1.82) is 0 Å². The van der Waals surface area contributed by atoms with Crippen LogP contribution in [-0.2, 0) is 4.74 Å². The number of hydrogen-bond donors (Lipinski definition) is 2. The van der Waals surface area contributed by atoms with E-state index < -0.39 is 0 Å². The molecule has 0 aromatic heterocycles. The van der Waals surface area contributed by atoms with Gasteiger partial charge >= 0.3 is 0 Å². The summed E-state index contributed by atoms with van der Waals surface area (Å²) in [7, 11) is 3.54. The van der Waals surface area contributed by atoms with E-state index in [9.17, 15) is 0 Å². The lowest BCUT2D eigenvalue weighted by atomic mass is 9.87.